The van der Waals surface area contributed by atoms with E-state index in [1.54, 1.807) is 37.9 Å². The molecule has 8 heteroatoms. The Kier molecular flexibility index (Phi) is 5.65. The Labute approximate surface area is 175 Å². The van der Waals surface area contributed by atoms with Gasteiger partial charge in [-0.25, -0.2) is 9.97 Å². The topological polar surface area (TPSA) is 96.8 Å². The summed E-state index contributed by atoms with van der Waals surface area (Å²) in [5, 5.41) is 3.33. The van der Waals surface area contributed by atoms with Crippen LogP contribution < -0.4 is 5.32 Å². The minimum atomic E-state index is 0.0675. The number of nitrogens with zero attached hydrogens (tertiary/aromatic N) is 6. The van der Waals surface area contributed by atoms with E-state index in [1.807, 2.05) is 24.0 Å². The first kappa shape index (κ1) is 19.9. The molecule has 30 heavy (non-hydrogen) atoms. The van der Waals surface area contributed by atoms with Crippen LogP contribution in [-0.2, 0) is 4.79 Å². The summed E-state index contributed by atoms with van der Waals surface area (Å²) in [7, 11) is 0. The lowest BCUT2D eigenvalue weighted by atomic mass is 9.92. The van der Waals surface area contributed by atoms with Crippen LogP contribution in [0.5, 0.6) is 0 Å². The van der Waals surface area contributed by atoms with Crippen molar-refractivity contribution >= 4 is 17.4 Å². The van der Waals surface area contributed by atoms with Gasteiger partial charge in [-0.05, 0) is 38.3 Å². The summed E-state index contributed by atoms with van der Waals surface area (Å²) in [4.78, 5) is 36.4. The fourth-order valence-electron chi connectivity index (χ4n) is 3.80. The number of aromatic nitrogens is 5. The first-order valence-electron chi connectivity index (χ1n) is 10.1. The lowest BCUT2D eigenvalue weighted by Gasteiger charge is -2.37. The number of nitrogens with one attached hydrogen (secondary N) is 1. The fraction of sp³-hybridized carbons (Fsp3) is 0.364. The minimum Gasteiger partial charge on any atom is -0.340 e. The van der Waals surface area contributed by atoms with Gasteiger partial charge in [0.1, 0.15) is 17.3 Å². The van der Waals surface area contributed by atoms with Gasteiger partial charge in [0.25, 0.3) is 0 Å². The highest BCUT2D eigenvalue weighted by atomic mass is 16.2. The maximum absolute atomic E-state index is 12.1. The van der Waals surface area contributed by atoms with Gasteiger partial charge >= 0.3 is 0 Å². The maximum Gasteiger partial charge on any atom is 0.219 e. The molecule has 3 aromatic heterocycles. The summed E-state index contributed by atoms with van der Waals surface area (Å²) in [6.45, 7) is 6.32. The summed E-state index contributed by atoms with van der Waals surface area (Å²) >= 11 is 0. The molecule has 1 N–H and O–H groups in total. The van der Waals surface area contributed by atoms with Crippen LogP contribution in [0.3, 0.4) is 0 Å². The molecule has 4 rings (SSSR count). The number of pyridine rings is 1. The number of piperidine rings is 1. The molecule has 0 saturated carbocycles. The molecule has 1 aliphatic rings. The number of amides is 1. The molecule has 3 aromatic rings. The minimum absolute atomic E-state index is 0.0675. The fourth-order valence-corrected chi connectivity index (χ4v) is 3.80. The summed E-state index contributed by atoms with van der Waals surface area (Å²) in [5.41, 5.74) is 3.29. The van der Waals surface area contributed by atoms with Crippen molar-refractivity contribution in [2.75, 3.05) is 11.9 Å². The van der Waals surface area contributed by atoms with Crippen molar-refractivity contribution < 1.29 is 4.79 Å². The van der Waals surface area contributed by atoms with Crippen LogP contribution in [0.4, 0.5) is 11.5 Å². The second-order valence-electron chi connectivity index (χ2n) is 7.76. The number of hydrogen-bond donors (Lipinski definition) is 1. The Bertz CT molecular complexity index is 1040. The van der Waals surface area contributed by atoms with E-state index >= 15 is 0 Å². The molecule has 2 atom stereocenters. The zero-order valence-electron chi connectivity index (χ0n) is 17.4. The van der Waals surface area contributed by atoms with Crippen LogP contribution in [0, 0.1) is 6.92 Å². The van der Waals surface area contributed by atoms with E-state index in [9.17, 15) is 4.79 Å². The van der Waals surface area contributed by atoms with Crippen molar-refractivity contribution in [1.29, 1.82) is 0 Å². The van der Waals surface area contributed by atoms with Crippen molar-refractivity contribution in [3.63, 3.8) is 0 Å². The van der Waals surface area contributed by atoms with Crippen molar-refractivity contribution in [2.24, 2.45) is 0 Å². The number of aryl methyl sites for hydroxylation is 1. The van der Waals surface area contributed by atoms with E-state index in [0.717, 1.165) is 24.1 Å². The normalized spacial score (nSPS) is 18.8. The summed E-state index contributed by atoms with van der Waals surface area (Å²) < 4.78 is 0. The lowest BCUT2D eigenvalue weighted by molar-refractivity contribution is -0.132. The van der Waals surface area contributed by atoms with Gasteiger partial charge in [-0.1, -0.05) is 0 Å². The highest BCUT2D eigenvalue weighted by Crippen LogP contribution is 2.31. The number of carbonyl (C=O) groups is 1. The van der Waals surface area contributed by atoms with Gasteiger partial charge in [-0.15, -0.1) is 0 Å². The molecule has 1 fully saturated rings. The van der Waals surface area contributed by atoms with Gasteiger partial charge in [-0.2, -0.15) is 0 Å². The number of hydrogen-bond acceptors (Lipinski definition) is 7. The third-order valence-corrected chi connectivity index (χ3v) is 5.37. The van der Waals surface area contributed by atoms with Crippen molar-refractivity contribution in [1.82, 2.24) is 29.8 Å². The van der Waals surface area contributed by atoms with E-state index < -0.39 is 0 Å². The van der Waals surface area contributed by atoms with E-state index in [0.29, 0.717) is 29.6 Å². The maximum atomic E-state index is 12.1. The number of rotatable bonds is 4. The molecule has 0 radical (unpaired) electrons. The molecule has 0 unspecified atom stereocenters. The molecule has 154 valence electrons. The quantitative estimate of drug-likeness (QED) is 0.712. The van der Waals surface area contributed by atoms with E-state index in [-0.39, 0.29) is 17.9 Å². The Hall–Kier alpha value is -3.42. The SMILES string of the molecule is CC(=O)N1C[C@H](c2nc(Nc3cncc(C)c3)cc(-c3cnccn3)n2)CC[C@@H]1C. The monoisotopic (exact) mass is 403 g/mol. The molecule has 4 heterocycles. The van der Waals surface area contributed by atoms with Crippen LogP contribution in [0.25, 0.3) is 11.4 Å². The second kappa shape index (κ2) is 8.52. The molecule has 0 bridgehead atoms. The standard InChI is InChI=1S/C22H25N7O/c1-14-8-18(11-24-10-14)26-21-9-19(20-12-23-6-7-25-20)27-22(28-21)17-5-4-15(2)29(13-17)16(3)30/h6-12,15,17H,4-5,13H2,1-3H3,(H,26,27,28)/t15-,17+/m0/s1. The Morgan fingerprint density at radius 2 is 1.93 bits per heavy atom. The highest BCUT2D eigenvalue weighted by Gasteiger charge is 2.30. The van der Waals surface area contributed by atoms with Crippen molar-refractivity contribution in [3.8, 4) is 11.4 Å². The van der Waals surface area contributed by atoms with Gasteiger partial charge in [0.2, 0.25) is 5.91 Å². The van der Waals surface area contributed by atoms with E-state index in [1.165, 1.54) is 0 Å². The molecule has 0 aromatic carbocycles. The third-order valence-electron chi connectivity index (χ3n) is 5.37. The molecular weight excluding hydrogens is 378 g/mol. The Balaban J connectivity index is 1.71. The molecular formula is C22H25N7O. The first-order chi connectivity index (χ1) is 14.5. The van der Waals surface area contributed by atoms with Crippen LogP contribution in [0.2, 0.25) is 0 Å². The van der Waals surface area contributed by atoms with Crippen LogP contribution in [0.15, 0.2) is 43.1 Å². The van der Waals surface area contributed by atoms with Crippen molar-refractivity contribution in [2.45, 2.75) is 45.6 Å². The number of likely N-dealkylation sites (tertiary alicyclic amines) is 1. The molecule has 8 nitrogen and oxygen atoms in total. The lowest BCUT2D eigenvalue weighted by Crippen LogP contribution is -2.44. The zero-order chi connectivity index (χ0) is 21.1. The van der Waals surface area contributed by atoms with Gasteiger partial charge in [0.05, 0.1) is 23.8 Å². The molecule has 0 spiro atoms. The number of carbonyl (C=O) groups excluding carboxylic acids is 1. The predicted octanol–water partition coefficient (Wildman–Crippen LogP) is 3.50. The summed E-state index contributed by atoms with van der Waals surface area (Å²) in [5.74, 6) is 1.53. The summed E-state index contributed by atoms with van der Waals surface area (Å²) in [6.07, 6.45) is 10.4. The van der Waals surface area contributed by atoms with Crippen LogP contribution in [-0.4, -0.2) is 48.3 Å². The first-order valence-corrected chi connectivity index (χ1v) is 10.1. The van der Waals surface area contributed by atoms with Crippen LogP contribution >= 0.6 is 0 Å². The average molecular weight is 403 g/mol. The summed E-state index contributed by atoms with van der Waals surface area (Å²) in [6, 6.07) is 4.11. The largest absolute Gasteiger partial charge is 0.340 e. The highest BCUT2D eigenvalue weighted by molar-refractivity contribution is 5.73. The molecule has 1 saturated heterocycles. The second-order valence-corrected chi connectivity index (χ2v) is 7.76. The Morgan fingerprint density at radius 3 is 2.67 bits per heavy atom. The zero-order valence-corrected chi connectivity index (χ0v) is 17.4. The molecule has 1 aliphatic heterocycles. The van der Waals surface area contributed by atoms with E-state index in [4.69, 9.17) is 9.97 Å². The van der Waals surface area contributed by atoms with Gasteiger partial charge in [-0.3, -0.25) is 19.7 Å². The average Bonchev–Trinajstić information content (AvgIpc) is 2.74. The van der Waals surface area contributed by atoms with Crippen LogP contribution in [0.1, 0.15) is 44.0 Å². The predicted molar refractivity (Wildman–Crippen MR) is 114 cm³/mol. The Morgan fingerprint density at radius 1 is 1.07 bits per heavy atom. The van der Waals surface area contributed by atoms with Crippen molar-refractivity contribution in [3.05, 3.63) is 54.5 Å². The van der Waals surface area contributed by atoms with Gasteiger partial charge in [0, 0.05) is 50.1 Å². The third kappa shape index (κ3) is 4.42. The molecule has 0 aliphatic carbocycles. The molecule has 1 amide bonds. The van der Waals surface area contributed by atoms with E-state index in [2.05, 4.69) is 27.2 Å². The van der Waals surface area contributed by atoms with Gasteiger partial charge in [0.15, 0.2) is 0 Å². The smallest absolute Gasteiger partial charge is 0.219 e. The number of anilines is 2. The van der Waals surface area contributed by atoms with Gasteiger partial charge < -0.3 is 10.2 Å².